The first-order valence-corrected chi connectivity index (χ1v) is 8.00. The van der Waals surface area contributed by atoms with E-state index < -0.39 is 18.0 Å². The van der Waals surface area contributed by atoms with Gasteiger partial charge in [-0.2, -0.15) is 0 Å². The molecular weight excluding hydrogens is 294 g/mol. The van der Waals surface area contributed by atoms with Crippen LogP contribution in [0.5, 0.6) is 0 Å². The Hall–Kier alpha value is -2.24. The van der Waals surface area contributed by atoms with E-state index in [1.54, 1.807) is 6.92 Å². The molecule has 0 bridgehead atoms. The summed E-state index contributed by atoms with van der Waals surface area (Å²) in [5, 5.41) is 5.24. The van der Waals surface area contributed by atoms with E-state index in [4.69, 9.17) is 0 Å². The number of esters is 1. The summed E-state index contributed by atoms with van der Waals surface area (Å²) in [6.07, 6.45) is 2.43. The predicted molar refractivity (Wildman–Crippen MR) is 90.7 cm³/mol. The minimum absolute atomic E-state index is 0.428. The summed E-state index contributed by atoms with van der Waals surface area (Å²) in [6.45, 7) is 6.01. The average Bonchev–Trinajstić information content (AvgIpc) is 2.55. The molecule has 1 atom stereocenters. The molecule has 1 aliphatic rings. The van der Waals surface area contributed by atoms with Crippen molar-refractivity contribution in [3.63, 3.8) is 0 Å². The van der Waals surface area contributed by atoms with Gasteiger partial charge >= 0.3 is 12.0 Å². The summed E-state index contributed by atoms with van der Waals surface area (Å²) in [7, 11) is 1.29. The Morgan fingerprint density at radius 1 is 1.22 bits per heavy atom. The minimum atomic E-state index is -0.686. The van der Waals surface area contributed by atoms with Crippen LogP contribution in [0.3, 0.4) is 0 Å². The molecule has 0 spiro atoms. The highest BCUT2D eigenvalue weighted by Crippen LogP contribution is 2.24. The molecule has 1 saturated heterocycles. The lowest BCUT2D eigenvalue weighted by Crippen LogP contribution is -2.41. The third kappa shape index (κ3) is 4.87. The number of urea groups is 1. The maximum absolute atomic E-state index is 11.8. The number of anilines is 2. The van der Waals surface area contributed by atoms with Gasteiger partial charge < -0.3 is 20.3 Å². The van der Waals surface area contributed by atoms with Crippen molar-refractivity contribution in [3.8, 4) is 0 Å². The van der Waals surface area contributed by atoms with Gasteiger partial charge in [0.1, 0.15) is 6.04 Å². The molecule has 2 amide bonds. The van der Waals surface area contributed by atoms with E-state index in [-0.39, 0.29) is 0 Å². The number of hydrogen-bond acceptors (Lipinski definition) is 4. The van der Waals surface area contributed by atoms with Crippen molar-refractivity contribution in [2.45, 2.75) is 32.7 Å². The van der Waals surface area contributed by atoms with Crippen LogP contribution in [0.1, 0.15) is 26.7 Å². The Balaban J connectivity index is 1.87. The molecule has 1 heterocycles. The molecule has 6 heteroatoms. The van der Waals surface area contributed by atoms with E-state index in [0.717, 1.165) is 19.0 Å². The Bertz CT molecular complexity index is 537. The number of methoxy groups -OCH3 is 1. The number of ether oxygens (including phenoxy) is 1. The third-order valence-corrected chi connectivity index (χ3v) is 4.18. The highest BCUT2D eigenvalue weighted by molar-refractivity contribution is 5.92. The number of nitrogens with one attached hydrogen (secondary N) is 2. The molecule has 126 valence electrons. The van der Waals surface area contributed by atoms with Gasteiger partial charge in [0.25, 0.3) is 0 Å². The van der Waals surface area contributed by atoms with Gasteiger partial charge in [-0.3, -0.25) is 0 Å². The third-order valence-electron chi connectivity index (χ3n) is 4.18. The average molecular weight is 319 g/mol. The van der Waals surface area contributed by atoms with Crippen LogP contribution in [0.25, 0.3) is 0 Å². The molecule has 1 aromatic rings. The smallest absolute Gasteiger partial charge is 0.328 e. The Kier molecular flexibility index (Phi) is 5.84. The van der Waals surface area contributed by atoms with Crippen LogP contribution in [0.15, 0.2) is 24.3 Å². The predicted octanol–water partition coefficient (Wildman–Crippen LogP) is 2.61. The fourth-order valence-corrected chi connectivity index (χ4v) is 2.62. The maximum atomic E-state index is 11.8. The first-order chi connectivity index (χ1) is 11.0. The van der Waals surface area contributed by atoms with E-state index >= 15 is 0 Å². The van der Waals surface area contributed by atoms with Crippen LogP contribution in [-0.2, 0) is 9.53 Å². The van der Waals surface area contributed by atoms with Crippen molar-refractivity contribution >= 4 is 23.4 Å². The number of nitrogens with zero attached hydrogens (tertiary/aromatic N) is 1. The van der Waals surface area contributed by atoms with Crippen molar-refractivity contribution < 1.29 is 14.3 Å². The normalized spacial score (nSPS) is 16.6. The van der Waals surface area contributed by atoms with E-state index in [2.05, 4.69) is 27.2 Å². The van der Waals surface area contributed by atoms with Gasteiger partial charge in [0.15, 0.2) is 0 Å². The Morgan fingerprint density at radius 3 is 2.39 bits per heavy atom. The number of amides is 2. The number of benzene rings is 1. The van der Waals surface area contributed by atoms with Crippen molar-refractivity contribution in [3.05, 3.63) is 24.3 Å². The van der Waals surface area contributed by atoms with Crippen molar-refractivity contribution in [2.75, 3.05) is 30.4 Å². The second-order valence-corrected chi connectivity index (χ2v) is 6.06. The van der Waals surface area contributed by atoms with Crippen molar-refractivity contribution in [1.82, 2.24) is 5.32 Å². The van der Waals surface area contributed by atoms with Gasteiger partial charge in [0, 0.05) is 24.5 Å². The lowest BCUT2D eigenvalue weighted by molar-refractivity contribution is -0.142. The second-order valence-electron chi connectivity index (χ2n) is 6.06. The molecule has 2 N–H and O–H groups in total. The Morgan fingerprint density at radius 2 is 1.83 bits per heavy atom. The quantitative estimate of drug-likeness (QED) is 0.837. The number of piperidine rings is 1. The van der Waals surface area contributed by atoms with E-state index in [0.29, 0.717) is 5.69 Å². The summed E-state index contributed by atoms with van der Waals surface area (Å²) in [4.78, 5) is 25.5. The summed E-state index contributed by atoms with van der Waals surface area (Å²) in [5.74, 6) is 0.322. The molecule has 0 aromatic heterocycles. The molecule has 1 aromatic carbocycles. The van der Waals surface area contributed by atoms with Gasteiger partial charge in [0.2, 0.25) is 0 Å². The zero-order valence-corrected chi connectivity index (χ0v) is 14.0. The van der Waals surface area contributed by atoms with Gasteiger partial charge in [0.05, 0.1) is 7.11 Å². The van der Waals surface area contributed by atoms with E-state index in [1.807, 2.05) is 24.3 Å². The number of carbonyl (C=O) groups is 2. The van der Waals surface area contributed by atoms with E-state index in [1.165, 1.54) is 25.6 Å². The lowest BCUT2D eigenvalue weighted by atomic mass is 9.99. The van der Waals surface area contributed by atoms with Crippen LogP contribution in [-0.4, -0.2) is 38.2 Å². The van der Waals surface area contributed by atoms with Crippen LogP contribution < -0.4 is 15.5 Å². The largest absolute Gasteiger partial charge is 0.467 e. The minimum Gasteiger partial charge on any atom is -0.467 e. The van der Waals surface area contributed by atoms with Crippen molar-refractivity contribution in [2.24, 2.45) is 5.92 Å². The first kappa shape index (κ1) is 17.1. The number of carbonyl (C=O) groups excluding carboxylic acids is 2. The summed E-state index contributed by atoms with van der Waals surface area (Å²) < 4.78 is 4.57. The SMILES string of the molecule is COC(=O)C(C)NC(=O)Nc1ccc(N2CCC(C)CC2)cc1. The summed E-state index contributed by atoms with van der Waals surface area (Å²) >= 11 is 0. The fourth-order valence-electron chi connectivity index (χ4n) is 2.62. The molecule has 2 rings (SSSR count). The maximum Gasteiger partial charge on any atom is 0.328 e. The zero-order valence-electron chi connectivity index (χ0n) is 14.0. The molecule has 0 radical (unpaired) electrons. The standard InChI is InChI=1S/C17H25N3O3/c1-12-8-10-20(11-9-12)15-6-4-14(5-7-15)19-17(22)18-13(2)16(21)23-3/h4-7,12-13H,8-11H2,1-3H3,(H2,18,19,22). The highest BCUT2D eigenvalue weighted by Gasteiger charge is 2.17. The van der Waals surface area contributed by atoms with Crippen LogP contribution in [0.2, 0.25) is 0 Å². The molecule has 1 aliphatic heterocycles. The molecule has 23 heavy (non-hydrogen) atoms. The summed E-state index contributed by atoms with van der Waals surface area (Å²) in [5.41, 5.74) is 1.86. The molecular formula is C17H25N3O3. The van der Waals surface area contributed by atoms with Crippen LogP contribution in [0.4, 0.5) is 16.2 Å². The second kappa shape index (κ2) is 7.85. The molecule has 1 fully saturated rings. The highest BCUT2D eigenvalue weighted by atomic mass is 16.5. The van der Waals surface area contributed by atoms with Gasteiger partial charge in [-0.05, 0) is 49.9 Å². The zero-order chi connectivity index (χ0) is 16.8. The molecule has 1 unspecified atom stereocenters. The Labute approximate surface area is 137 Å². The molecule has 6 nitrogen and oxygen atoms in total. The van der Waals surface area contributed by atoms with E-state index in [9.17, 15) is 9.59 Å². The fraction of sp³-hybridized carbons (Fsp3) is 0.529. The van der Waals surface area contributed by atoms with Crippen molar-refractivity contribution in [1.29, 1.82) is 0 Å². The lowest BCUT2D eigenvalue weighted by Gasteiger charge is -2.32. The first-order valence-electron chi connectivity index (χ1n) is 8.00. The monoisotopic (exact) mass is 319 g/mol. The van der Waals surface area contributed by atoms with Gasteiger partial charge in [-0.1, -0.05) is 6.92 Å². The van der Waals surface area contributed by atoms with Gasteiger partial charge in [-0.15, -0.1) is 0 Å². The number of hydrogen-bond donors (Lipinski definition) is 2. The number of rotatable bonds is 4. The molecule has 0 aliphatic carbocycles. The van der Waals surface area contributed by atoms with Crippen LogP contribution >= 0.6 is 0 Å². The van der Waals surface area contributed by atoms with Gasteiger partial charge in [-0.25, -0.2) is 9.59 Å². The summed E-state index contributed by atoms with van der Waals surface area (Å²) in [6, 6.07) is 6.65. The van der Waals surface area contributed by atoms with Crippen LogP contribution in [0, 0.1) is 5.92 Å². The molecule has 0 saturated carbocycles. The topological polar surface area (TPSA) is 70.7 Å².